The van der Waals surface area contributed by atoms with Crippen LogP contribution in [0, 0.1) is 0 Å². The number of halogens is 6. The number of anilines is 1. The lowest BCUT2D eigenvalue weighted by Gasteiger charge is -2.17. The van der Waals surface area contributed by atoms with Crippen LogP contribution >= 0.6 is 12.2 Å². The van der Waals surface area contributed by atoms with Crippen LogP contribution in [-0.2, 0) is 17.1 Å². The van der Waals surface area contributed by atoms with Crippen LogP contribution in [0.15, 0.2) is 23.3 Å². The Balaban J connectivity index is 2.37. The fourth-order valence-electron chi connectivity index (χ4n) is 2.42. The summed E-state index contributed by atoms with van der Waals surface area (Å²) in [4.78, 5) is 13.3. The minimum absolute atomic E-state index is 0.0151. The van der Waals surface area contributed by atoms with Crippen molar-refractivity contribution in [2.45, 2.75) is 25.2 Å². The molecule has 1 amide bonds. The van der Waals surface area contributed by atoms with Crippen LogP contribution in [0.1, 0.15) is 24.0 Å². The van der Waals surface area contributed by atoms with Gasteiger partial charge in [-0.3, -0.25) is 10.2 Å². The first-order valence-electron chi connectivity index (χ1n) is 7.62. The molecule has 3 N–H and O–H groups in total. The summed E-state index contributed by atoms with van der Waals surface area (Å²) in [5.41, 5.74) is 3.36. The maximum atomic E-state index is 12.9. The van der Waals surface area contributed by atoms with Crippen LogP contribution in [-0.4, -0.2) is 34.6 Å². The molecule has 0 bridgehead atoms. The van der Waals surface area contributed by atoms with Gasteiger partial charge in [0.1, 0.15) is 4.99 Å². The minimum atomic E-state index is -5.00. The Morgan fingerprint density at radius 2 is 1.52 bits per heavy atom. The molecule has 0 aromatic heterocycles. The highest BCUT2D eigenvalue weighted by Gasteiger charge is 2.37. The van der Waals surface area contributed by atoms with Crippen LogP contribution in [0.25, 0.3) is 0 Å². The molecule has 12 heteroatoms. The van der Waals surface area contributed by atoms with Crippen molar-refractivity contribution in [3.63, 3.8) is 0 Å². The van der Waals surface area contributed by atoms with Crippen molar-refractivity contribution < 1.29 is 31.1 Å². The highest BCUT2D eigenvalue weighted by atomic mass is 32.1. The maximum absolute atomic E-state index is 12.9. The molecular weight excluding hydrogens is 398 g/mol. The number of likely N-dealkylation sites (tertiary alicyclic amines) is 1. The average Bonchev–Trinajstić information content (AvgIpc) is 3.07. The molecule has 1 aromatic carbocycles. The Labute approximate surface area is 155 Å². The molecule has 2 rings (SSSR count). The van der Waals surface area contributed by atoms with E-state index in [0.717, 1.165) is 12.8 Å². The van der Waals surface area contributed by atoms with E-state index in [4.69, 9.17) is 18.0 Å². The van der Waals surface area contributed by atoms with Gasteiger partial charge in [-0.05, 0) is 31.0 Å². The molecule has 5 nitrogen and oxygen atoms in total. The molecule has 1 heterocycles. The van der Waals surface area contributed by atoms with Gasteiger partial charge in [0.05, 0.1) is 16.8 Å². The monoisotopic (exact) mass is 412 g/mol. The normalized spacial score (nSPS) is 15.8. The lowest BCUT2D eigenvalue weighted by atomic mass is 10.1. The predicted octanol–water partition coefficient (Wildman–Crippen LogP) is 3.40. The molecule has 1 aliphatic rings. The fraction of sp³-hybridized carbons (Fsp3) is 0.400. The number of hydrogen-bond acceptors (Lipinski definition) is 4. The number of benzene rings is 1. The number of rotatable bonds is 4. The van der Waals surface area contributed by atoms with Gasteiger partial charge in [0.2, 0.25) is 0 Å². The van der Waals surface area contributed by atoms with Gasteiger partial charge in [0.25, 0.3) is 5.91 Å². The van der Waals surface area contributed by atoms with Crippen LogP contribution in [0.3, 0.4) is 0 Å². The molecule has 0 aliphatic carbocycles. The first-order valence-corrected chi connectivity index (χ1v) is 8.02. The summed E-state index contributed by atoms with van der Waals surface area (Å²) in [5.74, 6) is -0.643. The maximum Gasteiger partial charge on any atom is 0.416 e. The highest BCUT2D eigenvalue weighted by Crippen LogP contribution is 2.37. The molecule has 27 heavy (non-hydrogen) atoms. The van der Waals surface area contributed by atoms with Gasteiger partial charge in [-0.15, -0.1) is 0 Å². The van der Waals surface area contributed by atoms with Crippen LogP contribution in [0.2, 0.25) is 0 Å². The summed E-state index contributed by atoms with van der Waals surface area (Å²) in [5, 5.41) is 3.56. The van der Waals surface area contributed by atoms with E-state index in [0.29, 0.717) is 25.2 Å². The quantitative estimate of drug-likeness (QED) is 0.344. The van der Waals surface area contributed by atoms with Crippen molar-refractivity contribution in [1.82, 2.24) is 4.90 Å². The van der Waals surface area contributed by atoms with Crippen molar-refractivity contribution in [3.8, 4) is 0 Å². The third-order valence-corrected chi connectivity index (χ3v) is 3.91. The number of carbonyl (C=O) groups is 1. The number of thiocarbonyl (C=S) groups is 1. The number of nitrogens with one attached hydrogen (secondary N) is 1. The third kappa shape index (κ3) is 5.31. The van der Waals surface area contributed by atoms with Crippen molar-refractivity contribution >= 4 is 34.5 Å². The Bertz CT molecular complexity index is 736. The van der Waals surface area contributed by atoms with Crippen LogP contribution in [0.4, 0.5) is 32.0 Å². The van der Waals surface area contributed by atoms with E-state index in [2.05, 4.69) is 5.10 Å². The van der Waals surface area contributed by atoms with E-state index in [1.807, 2.05) is 5.43 Å². The molecule has 0 spiro atoms. The number of carbonyl (C=O) groups excluding carboxylic acids is 1. The van der Waals surface area contributed by atoms with E-state index >= 15 is 0 Å². The van der Waals surface area contributed by atoms with Crippen LogP contribution in [0.5, 0.6) is 0 Å². The van der Waals surface area contributed by atoms with Gasteiger partial charge >= 0.3 is 12.4 Å². The van der Waals surface area contributed by atoms with Crippen molar-refractivity contribution in [3.05, 3.63) is 29.3 Å². The zero-order chi connectivity index (χ0) is 20.4. The summed E-state index contributed by atoms with van der Waals surface area (Å²) in [6.07, 6.45) is -8.49. The molecule has 1 fully saturated rings. The third-order valence-electron chi connectivity index (χ3n) is 3.71. The lowest BCUT2D eigenvalue weighted by molar-refractivity contribution is -0.143. The van der Waals surface area contributed by atoms with Gasteiger partial charge in [-0.25, -0.2) is 0 Å². The second-order valence-corrected chi connectivity index (χ2v) is 6.17. The van der Waals surface area contributed by atoms with E-state index in [1.165, 1.54) is 4.90 Å². The molecule has 1 saturated heterocycles. The highest BCUT2D eigenvalue weighted by molar-refractivity contribution is 7.82. The molecular formula is C15H14F6N4OS. The SMILES string of the molecule is NC(=S)C(=NNc1cc(C(F)(F)F)cc(C(F)(F)F)c1)C(=O)N1CCCC1. The van der Waals surface area contributed by atoms with E-state index in [-0.39, 0.29) is 6.07 Å². The van der Waals surface area contributed by atoms with E-state index in [9.17, 15) is 31.1 Å². The van der Waals surface area contributed by atoms with Crippen molar-refractivity contribution in [2.24, 2.45) is 10.8 Å². The second kappa shape index (κ2) is 7.71. The standard InChI is InChI=1S/C15H14F6N4OS/c16-14(17,18)8-5-9(15(19,20)21)7-10(6-8)23-24-11(12(22)27)13(26)25-3-1-2-4-25/h5-7,23H,1-4H2,(H2,22,27). The van der Waals surface area contributed by atoms with E-state index < -0.39 is 45.8 Å². The molecule has 148 valence electrons. The Kier molecular flexibility index (Phi) is 5.97. The Morgan fingerprint density at radius 3 is 1.93 bits per heavy atom. The van der Waals surface area contributed by atoms with Crippen LogP contribution < -0.4 is 11.2 Å². The number of hydrazone groups is 1. The van der Waals surface area contributed by atoms with Gasteiger partial charge in [0, 0.05) is 13.1 Å². The van der Waals surface area contributed by atoms with Gasteiger partial charge in [0.15, 0.2) is 5.71 Å². The Hall–Kier alpha value is -2.37. The zero-order valence-corrected chi connectivity index (χ0v) is 14.4. The molecule has 0 unspecified atom stereocenters. The molecule has 1 aliphatic heterocycles. The first kappa shape index (κ1) is 20.9. The largest absolute Gasteiger partial charge is 0.416 e. The van der Waals surface area contributed by atoms with Gasteiger partial charge in [-0.1, -0.05) is 12.2 Å². The minimum Gasteiger partial charge on any atom is -0.388 e. The first-order chi connectivity index (χ1) is 12.4. The fourth-order valence-corrected chi connectivity index (χ4v) is 2.55. The topological polar surface area (TPSA) is 70.7 Å². The number of hydrogen-bond donors (Lipinski definition) is 2. The number of nitrogens with zero attached hydrogens (tertiary/aromatic N) is 2. The van der Waals surface area contributed by atoms with Crippen molar-refractivity contribution in [1.29, 1.82) is 0 Å². The summed E-state index contributed by atoms with van der Waals surface area (Å²) >= 11 is 4.71. The second-order valence-electron chi connectivity index (χ2n) is 5.73. The molecule has 0 radical (unpaired) electrons. The van der Waals surface area contributed by atoms with Gasteiger partial charge < -0.3 is 10.6 Å². The summed E-state index contributed by atoms with van der Waals surface area (Å²) in [7, 11) is 0. The molecule has 1 aromatic rings. The predicted molar refractivity (Wildman–Crippen MR) is 90.1 cm³/mol. The van der Waals surface area contributed by atoms with E-state index in [1.54, 1.807) is 0 Å². The summed E-state index contributed by atoms with van der Waals surface area (Å²) in [6, 6.07) is 0.866. The lowest BCUT2D eigenvalue weighted by Crippen LogP contribution is -2.40. The molecule has 0 atom stereocenters. The number of nitrogens with two attached hydrogens (primary N) is 1. The molecule has 0 saturated carbocycles. The number of amides is 1. The average molecular weight is 412 g/mol. The Morgan fingerprint density at radius 1 is 1.04 bits per heavy atom. The number of alkyl halides is 6. The smallest absolute Gasteiger partial charge is 0.388 e. The van der Waals surface area contributed by atoms with Crippen molar-refractivity contribution in [2.75, 3.05) is 18.5 Å². The zero-order valence-electron chi connectivity index (χ0n) is 13.6. The van der Waals surface area contributed by atoms with Gasteiger partial charge in [-0.2, -0.15) is 31.4 Å². The summed E-state index contributed by atoms with van der Waals surface area (Å²) < 4.78 is 77.2. The summed E-state index contributed by atoms with van der Waals surface area (Å²) in [6.45, 7) is 0.866.